The molecule has 0 aromatic carbocycles. The zero-order chi connectivity index (χ0) is 49.3. The molecule has 0 aromatic heterocycles. The predicted octanol–water partition coefficient (Wildman–Crippen LogP) is 19.6. The van der Waals surface area contributed by atoms with E-state index in [1.165, 1.54) is 161 Å². The van der Waals surface area contributed by atoms with Crippen LogP contribution in [0.25, 0.3) is 0 Å². The van der Waals surface area contributed by atoms with Gasteiger partial charge < -0.3 is 14.2 Å². The number of carbonyl (C=O) groups is 3. The van der Waals surface area contributed by atoms with Crippen molar-refractivity contribution in [1.29, 1.82) is 0 Å². The van der Waals surface area contributed by atoms with Crippen LogP contribution in [0.2, 0.25) is 0 Å². The molecule has 0 rings (SSSR count). The summed E-state index contributed by atoms with van der Waals surface area (Å²) >= 11 is 0. The van der Waals surface area contributed by atoms with E-state index in [-0.39, 0.29) is 31.1 Å². The minimum Gasteiger partial charge on any atom is -0.462 e. The Balaban J connectivity index is 4.31. The Labute approximate surface area is 421 Å². The Morgan fingerprint density at radius 2 is 0.544 bits per heavy atom. The molecule has 0 saturated heterocycles. The van der Waals surface area contributed by atoms with Gasteiger partial charge in [-0.25, -0.2) is 0 Å². The number of hydrogen-bond acceptors (Lipinski definition) is 6. The van der Waals surface area contributed by atoms with Crippen molar-refractivity contribution in [3.8, 4) is 0 Å². The average molecular weight is 952 g/mol. The summed E-state index contributed by atoms with van der Waals surface area (Å²) in [5, 5.41) is 0. The minimum atomic E-state index is -0.785. The molecular formula is C62H110O6. The Hall–Kier alpha value is -2.89. The summed E-state index contributed by atoms with van der Waals surface area (Å²) in [7, 11) is 0. The van der Waals surface area contributed by atoms with Gasteiger partial charge >= 0.3 is 17.9 Å². The molecule has 0 aromatic rings. The lowest BCUT2D eigenvalue weighted by atomic mass is 10.0. The van der Waals surface area contributed by atoms with Gasteiger partial charge in [0, 0.05) is 19.3 Å². The first-order chi connectivity index (χ1) is 33.5. The van der Waals surface area contributed by atoms with Crippen molar-refractivity contribution in [1.82, 2.24) is 0 Å². The van der Waals surface area contributed by atoms with Crippen LogP contribution in [-0.2, 0) is 28.6 Å². The lowest BCUT2D eigenvalue weighted by Crippen LogP contribution is -2.30. The first kappa shape index (κ1) is 65.1. The third kappa shape index (κ3) is 54.1. The van der Waals surface area contributed by atoms with Crippen molar-refractivity contribution in [2.75, 3.05) is 13.2 Å². The van der Waals surface area contributed by atoms with E-state index in [4.69, 9.17) is 14.2 Å². The summed E-state index contributed by atoms with van der Waals surface area (Å²) in [4.78, 5) is 38.1. The molecule has 394 valence electrons. The molecule has 0 aliphatic heterocycles. The summed E-state index contributed by atoms with van der Waals surface area (Å²) in [5.41, 5.74) is 0. The maximum absolute atomic E-state index is 12.8. The second-order valence-electron chi connectivity index (χ2n) is 19.5. The summed E-state index contributed by atoms with van der Waals surface area (Å²) in [6.45, 7) is 6.57. The van der Waals surface area contributed by atoms with Crippen LogP contribution in [0.5, 0.6) is 0 Å². The van der Waals surface area contributed by atoms with Crippen LogP contribution in [-0.4, -0.2) is 37.2 Å². The van der Waals surface area contributed by atoms with Gasteiger partial charge in [-0.2, -0.15) is 0 Å². The van der Waals surface area contributed by atoms with Crippen molar-refractivity contribution in [3.63, 3.8) is 0 Å². The van der Waals surface area contributed by atoms with E-state index in [1.54, 1.807) is 0 Å². The summed E-state index contributed by atoms with van der Waals surface area (Å²) in [6, 6.07) is 0. The van der Waals surface area contributed by atoms with Gasteiger partial charge in [0.2, 0.25) is 0 Å². The van der Waals surface area contributed by atoms with Gasteiger partial charge in [0.05, 0.1) is 0 Å². The van der Waals surface area contributed by atoms with Gasteiger partial charge in [-0.05, 0) is 103 Å². The van der Waals surface area contributed by atoms with Crippen LogP contribution < -0.4 is 0 Å². The lowest BCUT2D eigenvalue weighted by molar-refractivity contribution is -0.167. The number of rotatable bonds is 53. The molecule has 0 fully saturated rings. The fourth-order valence-electron chi connectivity index (χ4n) is 8.25. The van der Waals surface area contributed by atoms with Crippen LogP contribution in [0, 0.1) is 0 Å². The molecule has 0 aliphatic rings. The molecule has 1 atom stereocenters. The monoisotopic (exact) mass is 951 g/mol. The van der Waals surface area contributed by atoms with Crippen molar-refractivity contribution in [2.24, 2.45) is 0 Å². The Kier molecular flexibility index (Phi) is 54.3. The Bertz CT molecular complexity index is 1230. The second kappa shape index (κ2) is 56.7. The van der Waals surface area contributed by atoms with Crippen LogP contribution in [0.3, 0.4) is 0 Å². The van der Waals surface area contributed by atoms with E-state index in [9.17, 15) is 14.4 Å². The molecule has 1 unspecified atom stereocenters. The normalized spacial score (nSPS) is 12.5. The minimum absolute atomic E-state index is 0.0826. The van der Waals surface area contributed by atoms with Crippen LogP contribution in [0.15, 0.2) is 60.8 Å². The second-order valence-corrected chi connectivity index (χ2v) is 19.5. The van der Waals surface area contributed by atoms with Crippen molar-refractivity contribution >= 4 is 17.9 Å². The standard InChI is InChI=1S/C62H110O6/c1-4-7-10-13-16-19-22-25-27-28-29-30-31-32-33-34-35-38-40-43-46-49-52-55-61(64)67-58-59(57-66-60(63)54-51-48-45-42-39-36-24-21-18-15-12-9-6-3)68-62(65)56-53-50-47-44-41-37-26-23-20-17-14-11-8-5-2/h14,17,21-26,28-29,59H,4-13,15-16,18-20,27,30-58H2,1-3H3/b17-14-,24-21-,25-22-,26-23-,29-28-. The number of carbonyl (C=O) groups excluding carboxylic acids is 3. The van der Waals surface area contributed by atoms with Gasteiger partial charge in [0.1, 0.15) is 13.2 Å². The Morgan fingerprint density at radius 3 is 0.882 bits per heavy atom. The van der Waals surface area contributed by atoms with E-state index in [2.05, 4.69) is 81.5 Å². The van der Waals surface area contributed by atoms with E-state index in [1.807, 2.05) is 0 Å². The first-order valence-electron chi connectivity index (χ1n) is 29.3. The van der Waals surface area contributed by atoms with Crippen LogP contribution in [0.4, 0.5) is 0 Å². The summed E-state index contributed by atoms with van der Waals surface area (Å²) in [6.07, 6.45) is 70.7. The van der Waals surface area contributed by atoms with Gasteiger partial charge in [0.15, 0.2) is 6.10 Å². The molecule has 0 aliphatic carbocycles. The zero-order valence-corrected chi connectivity index (χ0v) is 45.1. The molecule has 68 heavy (non-hydrogen) atoms. The van der Waals surface area contributed by atoms with Crippen LogP contribution >= 0.6 is 0 Å². The largest absolute Gasteiger partial charge is 0.462 e. The number of allylic oxidation sites excluding steroid dienone is 10. The molecule has 0 N–H and O–H groups in total. The highest BCUT2D eigenvalue weighted by atomic mass is 16.6. The SMILES string of the molecule is CCCC/C=C\C/C=C\CCCCCCCC(=O)OC(COC(=O)CCCCCCC/C=C\CCCCCC)COC(=O)CCCCCCCCCCCCC/C=C\C/C=C\CCCCCCC. The van der Waals surface area contributed by atoms with Gasteiger partial charge in [-0.1, -0.05) is 236 Å². The molecule has 0 amide bonds. The molecule has 6 nitrogen and oxygen atoms in total. The molecular weight excluding hydrogens is 841 g/mol. The Morgan fingerprint density at radius 1 is 0.294 bits per heavy atom. The molecule has 0 radical (unpaired) electrons. The van der Waals surface area contributed by atoms with Crippen molar-refractivity contribution in [2.45, 2.75) is 303 Å². The molecule has 0 saturated carbocycles. The number of ether oxygens (including phenoxy) is 3. The van der Waals surface area contributed by atoms with Crippen molar-refractivity contribution in [3.05, 3.63) is 60.8 Å². The predicted molar refractivity (Wildman–Crippen MR) is 293 cm³/mol. The van der Waals surface area contributed by atoms with E-state index in [0.717, 1.165) is 96.3 Å². The molecule has 0 heterocycles. The van der Waals surface area contributed by atoms with Gasteiger partial charge in [-0.3, -0.25) is 14.4 Å². The molecule has 0 spiro atoms. The zero-order valence-electron chi connectivity index (χ0n) is 45.1. The van der Waals surface area contributed by atoms with Crippen molar-refractivity contribution < 1.29 is 28.6 Å². The lowest BCUT2D eigenvalue weighted by Gasteiger charge is -2.18. The fraction of sp³-hybridized carbons (Fsp3) is 0.790. The summed E-state index contributed by atoms with van der Waals surface area (Å²) < 4.78 is 16.8. The third-order valence-corrected chi connectivity index (χ3v) is 12.7. The maximum Gasteiger partial charge on any atom is 0.306 e. The van der Waals surface area contributed by atoms with E-state index < -0.39 is 6.10 Å². The van der Waals surface area contributed by atoms with Crippen LogP contribution in [0.1, 0.15) is 297 Å². The average Bonchev–Trinajstić information content (AvgIpc) is 3.34. The number of esters is 3. The molecule has 0 bridgehead atoms. The number of hydrogen-bond donors (Lipinski definition) is 0. The maximum atomic E-state index is 12.8. The highest BCUT2D eigenvalue weighted by Crippen LogP contribution is 2.15. The van der Waals surface area contributed by atoms with E-state index in [0.29, 0.717) is 19.3 Å². The smallest absolute Gasteiger partial charge is 0.306 e. The van der Waals surface area contributed by atoms with Gasteiger partial charge in [-0.15, -0.1) is 0 Å². The van der Waals surface area contributed by atoms with Gasteiger partial charge in [0.25, 0.3) is 0 Å². The summed E-state index contributed by atoms with van der Waals surface area (Å²) in [5.74, 6) is -0.898. The topological polar surface area (TPSA) is 78.9 Å². The highest BCUT2D eigenvalue weighted by Gasteiger charge is 2.19. The quantitative estimate of drug-likeness (QED) is 0.0262. The molecule has 6 heteroatoms. The first-order valence-corrected chi connectivity index (χ1v) is 29.3. The highest BCUT2D eigenvalue weighted by molar-refractivity contribution is 5.71. The third-order valence-electron chi connectivity index (χ3n) is 12.7. The number of unbranched alkanes of at least 4 members (excludes halogenated alkanes) is 32. The van der Waals surface area contributed by atoms with E-state index >= 15 is 0 Å². The fourth-order valence-corrected chi connectivity index (χ4v) is 8.25.